The fourth-order valence-corrected chi connectivity index (χ4v) is 5.18. The fourth-order valence-electron chi connectivity index (χ4n) is 5.18. The Morgan fingerprint density at radius 2 is 1.78 bits per heavy atom. The van der Waals surface area contributed by atoms with E-state index in [0.29, 0.717) is 5.92 Å². The van der Waals surface area contributed by atoms with Gasteiger partial charge in [0.2, 0.25) is 5.91 Å². The van der Waals surface area contributed by atoms with E-state index in [9.17, 15) is 14.9 Å². The van der Waals surface area contributed by atoms with Gasteiger partial charge in [-0.2, -0.15) is 0 Å². The lowest BCUT2D eigenvalue weighted by Gasteiger charge is -2.33. The topological polar surface area (TPSA) is 80.4 Å². The smallest absolute Gasteiger partial charge is 0.270 e. The average Bonchev–Trinajstić information content (AvgIpc) is 3.32. The van der Waals surface area contributed by atoms with Crippen LogP contribution in [0.15, 0.2) is 79.0 Å². The number of benzene rings is 3. The number of likely N-dealkylation sites (tertiary alicyclic amines) is 1. The van der Waals surface area contributed by atoms with Gasteiger partial charge in [-0.1, -0.05) is 56.3 Å². The van der Waals surface area contributed by atoms with E-state index in [2.05, 4.69) is 45.2 Å². The molecule has 1 aliphatic rings. The summed E-state index contributed by atoms with van der Waals surface area (Å²) in [6.45, 7) is 6.52. The predicted molar refractivity (Wildman–Crippen MR) is 147 cm³/mol. The van der Waals surface area contributed by atoms with E-state index in [0.717, 1.165) is 60.3 Å². The van der Waals surface area contributed by atoms with Crippen LogP contribution >= 0.6 is 0 Å². The van der Waals surface area contributed by atoms with E-state index in [1.165, 1.54) is 11.6 Å². The molecule has 1 amide bonds. The second kappa shape index (κ2) is 10.6. The fraction of sp³-hybridized carbons (Fsp3) is 0.300. The molecule has 0 saturated carbocycles. The molecule has 7 heteroatoms. The number of non-ortho nitro benzene ring substituents is 1. The second-order valence-electron chi connectivity index (χ2n) is 10.1. The molecule has 1 aliphatic heterocycles. The molecule has 0 unspecified atom stereocenters. The van der Waals surface area contributed by atoms with E-state index in [1.54, 1.807) is 12.1 Å². The van der Waals surface area contributed by atoms with Crippen LogP contribution in [0.5, 0.6) is 0 Å². The lowest BCUT2D eigenvalue weighted by Crippen LogP contribution is -2.34. The molecule has 0 spiro atoms. The highest BCUT2D eigenvalue weighted by Crippen LogP contribution is 2.33. The molecule has 37 heavy (non-hydrogen) atoms. The maximum Gasteiger partial charge on any atom is 0.270 e. The third kappa shape index (κ3) is 5.42. The van der Waals surface area contributed by atoms with Crippen LogP contribution < -0.4 is 5.32 Å². The molecule has 2 heterocycles. The van der Waals surface area contributed by atoms with E-state index in [4.69, 9.17) is 0 Å². The molecule has 4 aromatic rings. The van der Waals surface area contributed by atoms with Crippen molar-refractivity contribution in [3.05, 3.63) is 94.7 Å². The normalized spacial score (nSPS) is 14.8. The molecule has 0 bridgehead atoms. The molecular weight excluding hydrogens is 464 g/mol. The van der Waals surface area contributed by atoms with Crippen molar-refractivity contribution in [1.29, 1.82) is 0 Å². The summed E-state index contributed by atoms with van der Waals surface area (Å²) in [5.41, 5.74) is 5.19. The number of nitro benzene ring substituents is 1. The van der Waals surface area contributed by atoms with Gasteiger partial charge in [-0.05, 0) is 48.1 Å². The summed E-state index contributed by atoms with van der Waals surface area (Å²) >= 11 is 0. The van der Waals surface area contributed by atoms with Crippen molar-refractivity contribution in [2.75, 3.05) is 18.4 Å². The van der Waals surface area contributed by atoms with E-state index in [1.807, 2.05) is 44.2 Å². The number of carbonyl (C=O) groups excluding carboxylic acids is 1. The van der Waals surface area contributed by atoms with Crippen molar-refractivity contribution in [2.24, 2.45) is 5.92 Å². The number of rotatable bonds is 7. The van der Waals surface area contributed by atoms with Crippen LogP contribution in [0, 0.1) is 16.0 Å². The molecule has 1 N–H and O–H groups in total. The summed E-state index contributed by atoms with van der Waals surface area (Å²) in [7, 11) is 0. The Morgan fingerprint density at radius 3 is 2.54 bits per heavy atom. The van der Waals surface area contributed by atoms with Crippen LogP contribution in [-0.4, -0.2) is 33.4 Å². The van der Waals surface area contributed by atoms with Gasteiger partial charge in [0.05, 0.1) is 17.1 Å². The summed E-state index contributed by atoms with van der Waals surface area (Å²) in [5.74, 6) is 0.457. The highest BCUT2D eigenvalue weighted by molar-refractivity contribution is 5.95. The number of fused-ring (bicyclic) bond motifs is 1. The van der Waals surface area contributed by atoms with Crippen LogP contribution in [0.25, 0.3) is 22.0 Å². The zero-order chi connectivity index (χ0) is 25.9. The minimum atomic E-state index is -0.346. The number of aromatic nitrogens is 1. The van der Waals surface area contributed by atoms with Crippen molar-refractivity contribution in [2.45, 2.75) is 39.3 Å². The third-order valence-electron chi connectivity index (χ3n) is 7.25. The Kier molecular flexibility index (Phi) is 7.06. The Hall–Kier alpha value is -3.97. The summed E-state index contributed by atoms with van der Waals surface area (Å²) in [6.07, 6.45) is 4.22. The minimum Gasteiger partial charge on any atom is -0.333 e. The number of piperidine rings is 1. The number of hydrogen-bond donors (Lipinski definition) is 1. The van der Waals surface area contributed by atoms with Gasteiger partial charge in [-0.3, -0.25) is 19.8 Å². The Bertz CT molecular complexity index is 1430. The lowest BCUT2D eigenvalue weighted by atomic mass is 9.89. The molecular formula is C30H32N4O3. The van der Waals surface area contributed by atoms with Crippen LogP contribution in [-0.2, 0) is 11.5 Å². The average molecular weight is 497 g/mol. The van der Waals surface area contributed by atoms with Crippen molar-refractivity contribution in [3.63, 3.8) is 0 Å². The SMILES string of the molecule is CC(C)C(=O)Nc1cccc(C2CCN(Cn3ccc4cccc(-c5cccc([N+](=O)[O-])c5)c43)CC2)c1. The largest absolute Gasteiger partial charge is 0.333 e. The summed E-state index contributed by atoms with van der Waals surface area (Å²) < 4.78 is 2.26. The van der Waals surface area contributed by atoms with Crippen molar-refractivity contribution in [3.8, 4) is 11.1 Å². The highest BCUT2D eigenvalue weighted by atomic mass is 16.6. The number of carbonyl (C=O) groups is 1. The summed E-state index contributed by atoms with van der Waals surface area (Å²) in [6, 6.07) is 23.4. The van der Waals surface area contributed by atoms with Gasteiger partial charge in [0.25, 0.3) is 5.69 Å². The van der Waals surface area contributed by atoms with E-state index in [-0.39, 0.29) is 22.4 Å². The zero-order valence-corrected chi connectivity index (χ0v) is 21.3. The first-order chi connectivity index (χ1) is 17.9. The minimum absolute atomic E-state index is 0.0374. The standard InChI is InChI=1S/C30H32N4O3/c1-21(2)30(35)31-26-9-3-7-24(18-26)22-12-15-32(16-13-22)20-33-17-14-23-6-5-11-28(29(23)33)25-8-4-10-27(19-25)34(36)37/h3-11,14,17-19,21-22H,12-13,15-16,20H2,1-2H3,(H,31,35). The van der Waals surface area contributed by atoms with Gasteiger partial charge >= 0.3 is 0 Å². The van der Waals surface area contributed by atoms with Gasteiger partial charge in [0, 0.05) is 54.0 Å². The van der Waals surface area contributed by atoms with Crippen LogP contribution in [0.4, 0.5) is 11.4 Å². The van der Waals surface area contributed by atoms with E-state index >= 15 is 0 Å². The summed E-state index contributed by atoms with van der Waals surface area (Å²) in [5, 5.41) is 15.5. The number of amides is 1. The van der Waals surface area contributed by atoms with Crippen LogP contribution in [0.2, 0.25) is 0 Å². The number of hydrogen-bond acceptors (Lipinski definition) is 4. The number of para-hydroxylation sites is 1. The Morgan fingerprint density at radius 1 is 1.03 bits per heavy atom. The van der Waals surface area contributed by atoms with Gasteiger partial charge in [-0.15, -0.1) is 0 Å². The lowest BCUT2D eigenvalue weighted by molar-refractivity contribution is -0.384. The Labute approximate surface area is 216 Å². The van der Waals surface area contributed by atoms with Crippen LogP contribution in [0.3, 0.4) is 0 Å². The van der Waals surface area contributed by atoms with Crippen molar-refractivity contribution < 1.29 is 9.72 Å². The second-order valence-corrected chi connectivity index (χ2v) is 10.1. The maximum atomic E-state index is 12.1. The number of nitro groups is 1. The molecule has 1 saturated heterocycles. The van der Waals surface area contributed by atoms with Gasteiger partial charge in [0.15, 0.2) is 0 Å². The first-order valence-corrected chi connectivity index (χ1v) is 12.8. The van der Waals surface area contributed by atoms with Crippen molar-refractivity contribution >= 4 is 28.2 Å². The van der Waals surface area contributed by atoms with Gasteiger partial charge in [0.1, 0.15) is 0 Å². The first-order valence-electron chi connectivity index (χ1n) is 12.8. The number of nitrogens with one attached hydrogen (secondary N) is 1. The maximum absolute atomic E-state index is 12.1. The third-order valence-corrected chi connectivity index (χ3v) is 7.25. The van der Waals surface area contributed by atoms with E-state index < -0.39 is 0 Å². The molecule has 1 fully saturated rings. The van der Waals surface area contributed by atoms with Crippen LogP contribution in [0.1, 0.15) is 38.2 Å². The number of nitrogens with zero attached hydrogens (tertiary/aromatic N) is 3. The molecule has 5 rings (SSSR count). The Balaban J connectivity index is 1.30. The van der Waals surface area contributed by atoms with Gasteiger partial charge in [-0.25, -0.2) is 0 Å². The molecule has 190 valence electrons. The number of anilines is 1. The predicted octanol–water partition coefficient (Wildman–Crippen LogP) is 6.65. The van der Waals surface area contributed by atoms with Crippen molar-refractivity contribution in [1.82, 2.24) is 9.47 Å². The highest BCUT2D eigenvalue weighted by Gasteiger charge is 2.22. The first kappa shape index (κ1) is 24.7. The monoisotopic (exact) mass is 496 g/mol. The zero-order valence-electron chi connectivity index (χ0n) is 21.3. The molecule has 3 aromatic carbocycles. The summed E-state index contributed by atoms with van der Waals surface area (Å²) in [4.78, 5) is 25.5. The van der Waals surface area contributed by atoms with Gasteiger partial charge < -0.3 is 9.88 Å². The molecule has 1 aromatic heterocycles. The molecule has 0 atom stereocenters. The quantitative estimate of drug-likeness (QED) is 0.229. The molecule has 7 nitrogen and oxygen atoms in total. The molecule has 0 radical (unpaired) electrons. The molecule has 0 aliphatic carbocycles.